The van der Waals surface area contributed by atoms with Crippen molar-refractivity contribution in [3.8, 4) is 0 Å². The molecule has 0 aliphatic heterocycles. The fraction of sp³-hybridized carbons (Fsp3) is 0.429. The Labute approximate surface area is 117 Å². The number of nitrogens with one attached hydrogen (secondary N) is 1. The summed E-state index contributed by atoms with van der Waals surface area (Å²) in [6, 6.07) is 7.99. The van der Waals surface area contributed by atoms with Crippen molar-refractivity contribution in [1.82, 2.24) is 5.32 Å². The number of carbonyl (C=O) groups excluding carboxylic acids is 1. The minimum Gasteiger partial charge on any atom is -0.480 e. The van der Waals surface area contributed by atoms with Crippen molar-refractivity contribution in [2.24, 2.45) is 0 Å². The zero-order valence-corrected chi connectivity index (χ0v) is 11.5. The highest BCUT2D eigenvalue weighted by atomic mass is 16.5. The number of hydrogen-bond donors (Lipinski definition) is 2. The molecular weight excluding hydrogens is 262 g/mol. The molecule has 2 N–H and O–H groups in total. The van der Waals surface area contributed by atoms with Crippen LogP contribution in [0.15, 0.2) is 30.3 Å². The molecule has 0 saturated heterocycles. The molecule has 0 saturated carbocycles. The van der Waals surface area contributed by atoms with E-state index in [0.29, 0.717) is 6.61 Å². The second kappa shape index (κ2) is 8.16. The quantitative estimate of drug-likeness (QED) is 0.796. The van der Waals surface area contributed by atoms with Gasteiger partial charge >= 0.3 is 12.1 Å². The van der Waals surface area contributed by atoms with Crippen LogP contribution in [-0.4, -0.2) is 35.9 Å². The summed E-state index contributed by atoms with van der Waals surface area (Å²) in [6.45, 7) is 3.79. The van der Waals surface area contributed by atoms with Gasteiger partial charge in [-0.05, 0) is 19.4 Å². The van der Waals surface area contributed by atoms with Crippen LogP contribution in [0, 0.1) is 0 Å². The maximum Gasteiger partial charge on any atom is 0.408 e. The zero-order chi connectivity index (χ0) is 15.0. The Kier molecular flexibility index (Phi) is 6.52. The van der Waals surface area contributed by atoms with Crippen molar-refractivity contribution >= 4 is 12.1 Å². The van der Waals surface area contributed by atoms with Gasteiger partial charge in [0.1, 0.15) is 6.61 Å². The van der Waals surface area contributed by atoms with Gasteiger partial charge in [-0.2, -0.15) is 0 Å². The average molecular weight is 281 g/mol. The Hall–Kier alpha value is -2.08. The highest BCUT2D eigenvalue weighted by Gasteiger charge is 2.27. The number of alkyl carbamates (subject to hydrolysis) is 1. The van der Waals surface area contributed by atoms with E-state index in [0.717, 1.165) is 5.56 Å². The third kappa shape index (κ3) is 5.27. The summed E-state index contributed by atoms with van der Waals surface area (Å²) in [6.07, 6.45) is -1.42. The van der Waals surface area contributed by atoms with Crippen LogP contribution in [0.2, 0.25) is 0 Å². The lowest BCUT2D eigenvalue weighted by Gasteiger charge is -2.20. The second-order valence-electron chi connectivity index (χ2n) is 4.18. The predicted octanol–water partition coefficient (Wildman–Crippen LogP) is 1.79. The molecule has 0 aliphatic rings. The number of aliphatic carboxylic acids is 1. The van der Waals surface area contributed by atoms with E-state index in [1.165, 1.54) is 0 Å². The molecule has 1 aromatic carbocycles. The molecule has 0 bridgehead atoms. The summed E-state index contributed by atoms with van der Waals surface area (Å²) in [5, 5.41) is 11.3. The summed E-state index contributed by atoms with van der Waals surface area (Å²) in [5.41, 5.74) is 0.826. The Morgan fingerprint density at radius 3 is 2.50 bits per heavy atom. The van der Waals surface area contributed by atoms with Gasteiger partial charge in [-0.3, -0.25) is 0 Å². The van der Waals surface area contributed by atoms with E-state index < -0.39 is 24.2 Å². The Morgan fingerprint density at radius 1 is 1.30 bits per heavy atom. The van der Waals surface area contributed by atoms with E-state index >= 15 is 0 Å². The fourth-order valence-electron chi connectivity index (χ4n) is 1.63. The third-order valence-electron chi connectivity index (χ3n) is 2.65. The summed E-state index contributed by atoms with van der Waals surface area (Å²) in [4.78, 5) is 22.7. The number of benzene rings is 1. The molecule has 1 aromatic rings. The maximum absolute atomic E-state index is 11.6. The SMILES string of the molecule is CCOC(C)C(NC(=O)OCc1ccccc1)C(=O)O. The molecule has 0 aliphatic carbocycles. The first-order valence-electron chi connectivity index (χ1n) is 6.36. The molecule has 0 heterocycles. The van der Waals surface area contributed by atoms with E-state index in [1.54, 1.807) is 13.8 Å². The fourth-order valence-corrected chi connectivity index (χ4v) is 1.63. The molecule has 2 atom stereocenters. The highest BCUT2D eigenvalue weighted by molar-refractivity contribution is 5.80. The van der Waals surface area contributed by atoms with Crippen LogP contribution in [0.25, 0.3) is 0 Å². The lowest BCUT2D eigenvalue weighted by molar-refractivity contribution is -0.143. The van der Waals surface area contributed by atoms with Crippen LogP contribution in [0.1, 0.15) is 19.4 Å². The van der Waals surface area contributed by atoms with Crippen LogP contribution in [0.5, 0.6) is 0 Å². The van der Waals surface area contributed by atoms with Crippen molar-refractivity contribution in [2.45, 2.75) is 32.6 Å². The number of carboxylic acids is 1. The maximum atomic E-state index is 11.6. The monoisotopic (exact) mass is 281 g/mol. The average Bonchev–Trinajstić information content (AvgIpc) is 2.43. The van der Waals surface area contributed by atoms with Crippen LogP contribution in [0.3, 0.4) is 0 Å². The Balaban J connectivity index is 2.48. The molecule has 1 rings (SSSR count). The van der Waals surface area contributed by atoms with Crippen molar-refractivity contribution in [1.29, 1.82) is 0 Å². The van der Waals surface area contributed by atoms with Crippen molar-refractivity contribution in [3.63, 3.8) is 0 Å². The van der Waals surface area contributed by atoms with Gasteiger partial charge in [0.2, 0.25) is 0 Å². The molecule has 0 fully saturated rings. The van der Waals surface area contributed by atoms with Crippen molar-refractivity contribution in [3.05, 3.63) is 35.9 Å². The minimum absolute atomic E-state index is 0.0853. The molecule has 0 spiro atoms. The topological polar surface area (TPSA) is 84.9 Å². The van der Waals surface area contributed by atoms with E-state index in [2.05, 4.69) is 5.32 Å². The summed E-state index contributed by atoms with van der Waals surface area (Å²) in [7, 11) is 0. The first kappa shape index (κ1) is 16.0. The largest absolute Gasteiger partial charge is 0.480 e. The molecule has 110 valence electrons. The Bertz CT molecular complexity index is 434. The lowest BCUT2D eigenvalue weighted by Crippen LogP contribution is -2.48. The smallest absolute Gasteiger partial charge is 0.408 e. The second-order valence-corrected chi connectivity index (χ2v) is 4.18. The van der Waals surface area contributed by atoms with E-state index in [4.69, 9.17) is 14.6 Å². The van der Waals surface area contributed by atoms with Gasteiger partial charge in [-0.15, -0.1) is 0 Å². The molecular formula is C14H19NO5. The standard InChI is InChI=1S/C14H19NO5/c1-3-19-10(2)12(13(16)17)15-14(18)20-9-11-7-5-4-6-8-11/h4-8,10,12H,3,9H2,1-2H3,(H,15,18)(H,16,17). The van der Waals surface area contributed by atoms with Gasteiger partial charge in [-0.1, -0.05) is 30.3 Å². The highest BCUT2D eigenvalue weighted by Crippen LogP contribution is 2.03. The Morgan fingerprint density at radius 2 is 1.95 bits per heavy atom. The summed E-state index contributed by atoms with van der Waals surface area (Å²) < 4.78 is 10.1. The van der Waals surface area contributed by atoms with Gasteiger partial charge in [0.15, 0.2) is 6.04 Å². The number of amides is 1. The van der Waals surface area contributed by atoms with E-state index in [9.17, 15) is 9.59 Å². The van der Waals surface area contributed by atoms with Gasteiger partial charge in [0.05, 0.1) is 6.10 Å². The van der Waals surface area contributed by atoms with Gasteiger partial charge in [-0.25, -0.2) is 9.59 Å². The van der Waals surface area contributed by atoms with Crippen molar-refractivity contribution in [2.75, 3.05) is 6.61 Å². The molecule has 0 aromatic heterocycles. The number of ether oxygens (including phenoxy) is 2. The zero-order valence-electron chi connectivity index (χ0n) is 11.5. The first-order valence-corrected chi connectivity index (χ1v) is 6.36. The third-order valence-corrected chi connectivity index (χ3v) is 2.65. The van der Waals surface area contributed by atoms with Crippen LogP contribution < -0.4 is 5.32 Å². The van der Waals surface area contributed by atoms with Gasteiger partial charge < -0.3 is 19.9 Å². The molecule has 6 heteroatoms. The van der Waals surface area contributed by atoms with E-state index in [1.807, 2.05) is 30.3 Å². The molecule has 0 radical (unpaired) electrons. The van der Waals surface area contributed by atoms with Crippen LogP contribution in [-0.2, 0) is 20.9 Å². The van der Waals surface area contributed by atoms with Gasteiger partial charge in [0.25, 0.3) is 0 Å². The first-order chi connectivity index (χ1) is 9.54. The van der Waals surface area contributed by atoms with E-state index in [-0.39, 0.29) is 6.61 Å². The molecule has 6 nitrogen and oxygen atoms in total. The molecule has 20 heavy (non-hydrogen) atoms. The lowest BCUT2D eigenvalue weighted by atomic mass is 10.2. The van der Waals surface area contributed by atoms with Crippen LogP contribution >= 0.6 is 0 Å². The normalized spacial score (nSPS) is 13.3. The number of carbonyl (C=O) groups is 2. The summed E-state index contributed by atoms with van der Waals surface area (Å²) in [5.74, 6) is -1.16. The predicted molar refractivity (Wildman–Crippen MR) is 72.3 cm³/mol. The van der Waals surface area contributed by atoms with Gasteiger partial charge in [0, 0.05) is 6.61 Å². The summed E-state index contributed by atoms with van der Waals surface area (Å²) >= 11 is 0. The molecule has 2 unspecified atom stereocenters. The van der Waals surface area contributed by atoms with Crippen molar-refractivity contribution < 1.29 is 24.2 Å². The van der Waals surface area contributed by atoms with Crippen LogP contribution in [0.4, 0.5) is 4.79 Å². The number of rotatable bonds is 7. The number of carboxylic acid groups (broad SMARTS) is 1. The molecule has 1 amide bonds. The number of hydrogen-bond acceptors (Lipinski definition) is 4. The minimum atomic E-state index is -1.16.